The highest BCUT2D eigenvalue weighted by molar-refractivity contribution is 7.92. The Kier molecular flexibility index (Phi) is 5.98. The highest BCUT2D eigenvalue weighted by Gasteiger charge is 2.18. The topological polar surface area (TPSA) is 82.3 Å². The number of H-pyrrole nitrogens is 1. The molecule has 158 valence electrons. The molecule has 1 atom stereocenters. The van der Waals surface area contributed by atoms with Crippen molar-refractivity contribution in [2.75, 3.05) is 30.0 Å². The van der Waals surface area contributed by atoms with Crippen LogP contribution >= 0.6 is 0 Å². The first-order chi connectivity index (χ1) is 14.0. The smallest absolute Gasteiger partial charge is 0.229 e. The predicted molar refractivity (Wildman–Crippen MR) is 117 cm³/mol. The molecule has 6 nitrogen and oxygen atoms in total. The van der Waals surface area contributed by atoms with Crippen molar-refractivity contribution in [2.24, 2.45) is 0 Å². The third-order valence-electron chi connectivity index (χ3n) is 4.84. The molecule has 2 aromatic carbocycles. The van der Waals surface area contributed by atoms with Gasteiger partial charge in [-0.25, -0.2) is 12.8 Å². The number of benzene rings is 2. The highest BCUT2D eigenvalue weighted by Crippen LogP contribution is 2.28. The van der Waals surface area contributed by atoms with E-state index in [1.807, 2.05) is 38.1 Å². The van der Waals surface area contributed by atoms with Crippen LogP contribution in [0.1, 0.15) is 40.2 Å². The van der Waals surface area contributed by atoms with Crippen LogP contribution in [0.5, 0.6) is 0 Å². The zero-order valence-corrected chi connectivity index (χ0v) is 18.0. The second-order valence-electron chi connectivity index (χ2n) is 7.43. The lowest BCUT2D eigenvalue weighted by Gasteiger charge is -2.13. The largest absolute Gasteiger partial charge is 0.378 e. The minimum Gasteiger partial charge on any atom is -0.378 e. The van der Waals surface area contributed by atoms with E-state index in [0.29, 0.717) is 22.5 Å². The monoisotopic (exact) mass is 429 g/mol. The van der Waals surface area contributed by atoms with Crippen LogP contribution in [0.25, 0.3) is 0 Å². The van der Waals surface area contributed by atoms with Gasteiger partial charge >= 0.3 is 0 Å². The zero-order chi connectivity index (χ0) is 22.1. The summed E-state index contributed by atoms with van der Waals surface area (Å²) in [4.78, 5) is 17.8. The first kappa shape index (κ1) is 21.6. The fraction of sp³-hybridized carbons (Fsp3) is 0.227. The Bertz CT molecular complexity index is 1170. The summed E-state index contributed by atoms with van der Waals surface area (Å²) < 4.78 is 39.5. The molecule has 0 amide bonds. The van der Waals surface area contributed by atoms with Crippen molar-refractivity contribution in [1.29, 1.82) is 0 Å². The van der Waals surface area contributed by atoms with E-state index in [4.69, 9.17) is 0 Å². The van der Waals surface area contributed by atoms with E-state index in [-0.39, 0.29) is 17.4 Å². The van der Waals surface area contributed by atoms with Gasteiger partial charge in [-0.05, 0) is 54.1 Å². The second-order valence-corrected chi connectivity index (χ2v) is 9.18. The molecular weight excluding hydrogens is 405 g/mol. The molecule has 0 saturated carbocycles. The minimum atomic E-state index is -3.48. The molecule has 3 aromatic rings. The fourth-order valence-corrected chi connectivity index (χ4v) is 3.74. The standard InChI is InChI=1S/C22H24FN3O3S/c1-14(18-10-7-16(13-19(18)23)25-30(4,28)29)20-11-12-21(24-20)22(27)15-5-8-17(9-6-15)26(2)3/h5-14,24-25H,1-4H3. The molecule has 1 aromatic heterocycles. The Morgan fingerprint density at radius 2 is 1.73 bits per heavy atom. The van der Waals surface area contributed by atoms with Crippen molar-refractivity contribution in [2.45, 2.75) is 12.8 Å². The van der Waals surface area contributed by atoms with Gasteiger partial charge in [-0.3, -0.25) is 9.52 Å². The summed E-state index contributed by atoms with van der Waals surface area (Å²) in [6.07, 6.45) is 1.01. The van der Waals surface area contributed by atoms with Crippen molar-refractivity contribution in [3.05, 3.63) is 82.9 Å². The van der Waals surface area contributed by atoms with Gasteiger partial charge in [-0.1, -0.05) is 13.0 Å². The molecule has 0 spiro atoms. The minimum absolute atomic E-state index is 0.146. The van der Waals surface area contributed by atoms with Gasteiger partial charge in [0.1, 0.15) is 5.82 Å². The van der Waals surface area contributed by atoms with E-state index in [1.165, 1.54) is 12.1 Å². The summed E-state index contributed by atoms with van der Waals surface area (Å²) in [5, 5.41) is 0. The van der Waals surface area contributed by atoms with Gasteiger partial charge in [0, 0.05) is 37.0 Å². The molecular formula is C22H24FN3O3S. The molecule has 1 unspecified atom stereocenters. The lowest BCUT2D eigenvalue weighted by atomic mass is 9.97. The molecule has 0 aliphatic heterocycles. The Hall–Kier alpha value is -3.13. The van der Waals surface area contributed by atoms with Gasteiger partial charge in [0.25, 0.3) is 0 Å². The summed E-state index contributed by atoms with van der Waals surface area (Å²) >= 11 is 0. The highest BCUT2D eigenvalue weighted by atomic mass is 32.2. The van der Waals surface area contributed by atoms with E-state index < -0.39 is 15.8 Å². The predicted octanol–water partition coefficient (Wildman–Crippen LogP) is 3.97. The van der Waals surface area contributed by atoms with Gasteiger partial charge in [0.15, 0.2) is 0 Å². The molecule has 0 radical (unpaired) electrons. The lowest BCUT2D eigenvalue weighted by molar-refractivity contribution is 0.103. The van der Waals surface area contributed by atoms with Crippen molar-refractivity contribution >= 4 is 27.2 Å². The zero-order valence-electron chi connectivity index (χ0n) is 17.2. The van der Waals surface area contributed by atoms with Crippen LogP contribution in [0.15, 0.2) is 54.6 Å². The van der Waals surface area contributed by atoms with Crippen molar-refractivity contribution in [3.8, 4) is 0 Å². The Morgan fingerprint density at radius 1 is 1.07 bits per heavy atom. The number of nitrogens with one attached hydrogen (secondary N) is 2. The van der Waals surface area contributed by atoms with E-state index >= 15 is 0 Å². The number of nitrogens with zero attached hydrogens (tertiary/aromatic N) is 1. The molecule has 0 aliphatic carbocycles. The molecule has 0 bridgehead atoms. The summed E-state index contributed by atoms with van der Waals surface area (Å²) in [7, 11) is 0.376. The fourth-order valence-electron chi connectivity index (χ4n) is 3.19. The number of aromatic amines is 1. The number of anilines is 2. The number of carbonyl (C=O) groups excluding carboxylic acids is 1. The number of ketones is 1. The van der Waals surface area contributed by atoms with E-state index in [9.17, 15) is 17.6 Å². The maximum absolute atomic E-state index is 14.6. The quantitative estimate of drug-likeness (QED) is 0.557. The molecule has 0 fully saturated rings. The number of sulfonamides is 1. The number of carbonyl (C=O) groups is 1. The third kappa shape index (κ3) is 4.88. The maximum Gasteiger partial charge on any atom is 0.229 e. The maximum atomic E-state index is 14.6. The van der Waals surface area contributed by atoms with Gasteiger partial charge in [-0.2, -0.15) is 0 Å². The van der Waals surface area contributed by atoms with Crippen LogP contribution in [0.3, 0.4) is 0 Å². The molecule has 0 aliphatic rings. The average Bonchev–Trinajstić information content (AvgIpc) is 3.16. The van der Waals surface area contributed by atoms with E-state index in [0.717, 1.165) is 18.0 Å². The lowest BCUT2D eigenvalue weighted by Crippen LogP contribution is -2.10. The SMILES string of the molecule is CC(c1ccc(C(=O)c2ccc(N(C)C)cc2)[nH]1)c1ccc(NS(C)(=O)=O)cc1F. The average molecular weight is 430 g/mol. The normalized spacial score (nSPS) is 12.4. The van der Waals surface area contributed by atoms with Gasteiger partial charge < -0.3 is 9.88 Å². The summed E-state index contributed by atoms with van der Waals surface area (Å²) in [6.45, 7) is 1.81. The molecule has 8 heteroatoms. The van der Waals surface area contributed by atoms with Crippen LogP contribution in [0.4, 0.5) is 15.8 Å². The molecule has 2 N–H and O–H groups in total. The number of rotatable bonds is 7. The van der Waals surface area contributed by atoms with Crippen LogP contribution in [-0.4, -0.2) is 39.5 Å². The number of halogens is 1. The van der Waals surface area contributed by atoms with Crippen molar-refractivity contribution < 1.29 is 17.6 Å². The first-order valence-electron chi connectivity index (χ1n) is 9.33. The Balaban J connectivity index is 1.80. The summed E-state index contributed by atoms with van der Waals surface area (Å²) in [6, 6.07) is 14.9. The molecule has 3 rings (SSSR count). The summed E-state index contributed by atoms with van der Waals surface area (Å²) in [5.74, 6) is -1.03. The molecule has 30 heavy (non-hydrogen) atoms. The van der Waals surface area contributed by atoms with Crippen LogP contribution in [0, 0.1) is 5.82 Å². The van der Waals surface area contributed by atoms with Gasteiger partial charge in [0.2, 0.25) is 15.8 Å². The van der Waals surface area contributed by atoms with Crippen molar-refractivity contribution in [3.63, 3.8) is 0 Å². The van der Waals surface area contributed by atoms with Crippen LogP contribution in [0.2, 0.25) is 0 Å². The summed E-state index contributed by atoms with van der Waals surface area (Å²) in [5.41, 5.74) is 3.22. The number of hydrogen-bond donors (Lipinski definition) is 2. The molecule has 1 heterocycles. The first-order valence-corrected chi connectivity index (χ1v) is 11.2. The van der Waals surface area contributed by atoms with Gasteiger partial charge in [-0.15, -0.1) is 0 Å². The van der Waals surface area contributed by atoms with E-state index in [2.05, 4.69) is 9.71 Å². The Labute approximate surface area is 175 Å². The number of aromatic nitrogens is 1. The van der Waals surface area contributed by atoms with Crippen LogP contribution in [-0.2, 0) is 10.0 Å². The van der Waals surface area contributed by atoms with Crippen molar-refractivity contribution in [1.82, 2.24) is 4.98 Å². The van der Waals surface area contributed by atoms with Crippen LogP contribution < -0.4 is 9.62 Å². The second kappa shape index (κ2) is 8.31. The third-order valence-corrected chi connectivity index (χ3v) is 5.44. The van der Waals surface area contributed by atoms with Gasteiger partial charge in [0.05, 0.1) is 17.6 Å². The number of hydrogen-bond acceptors (Lipinski definition) is 4. The molecule has 0 saturated heterocycles. The van der Waals surface area contributed by atoms with E-state index in [1.54, 1.807) is 24.3 Å². The Morgan fingerprint density at radius 3 is 2.30 bits per heavy atom.